The van der Waals surface area contributed by atoms with Gasteiger partial charge >= 0.3 is 0 Å². The molecule has 2 aromatic carbocycles. The van der Waals surface area contributed by atoms with E-state index in [1.807, 2.05) is 13.8 Å². The molecular weight excluding hydrogens is 332 g/mol. The predicted octanol–water partition coefficient (Wildman–Crippen LogP) is 3.47. The van der Waals surface area contributed by atoms with E-state index < -0.39 is 0 Å². The minimum Gasteiger partial charge on any atom is -0.497 e. The van der Waals surface area contributed by atoms with Crippen molar-refractivity contribution in [1.82, 2.24) is 0 Å². The standard InChI is InChI=1S/C20H24N2O4/c1-14(2)26-19-11-7-17(8-12-19)22(15(3)23)13-20(24)21-16-5-9-18(25-4)10-6-16/h5-12,14H,13H2,1-4H3,(H,21,24). The van der Waals surface area contributed by atoms with Crippen molar-refractivity contribution in [2.24, 2.45) is 0 Å². The van der Waals surface area contributed by atoms with Gasteiger partial charge in [0.05, 0.1) is 13.2 Å². The summed E-state index contributed by atoms with van der Waals surface area (Å²) in [7, 11) is 1.58. The largest absolute Gasteiger partial charge is 0.497 e. The van der Waals surface area contributed by atoms with Gasteiger partial charge < -0.3 is 19.7 Å². The van der Waals surface area contributed by atoms with Crippen LogP contribution in [-0.4, -0.2) is 31.6 Å². The number of rotatable bonds is 7. The molecule has 6 nitrogen and oxygen atoms in total. The molecule has 0 aliphatic heterocycles. The molecule has 0 aliphatic carbocycles. The van der Waals surface area contributed by atoms with Crippen LogP contribution in [-0.2, 0) is 9.59 Å². The van der Waals surface area contributed by atoms with Gasteiger partial charge in [0.25, 0.3) is 0 Å². The van der Waals surface area contributed by atoms with Gasteiger partial charge in [0.15, 0.2) is 0 Å². The molecule has 0 heterocycles. The molecule has 2 aromatic rings. The second-order valence-corrected chi connectivity index (χ2v) is 6.04. The van der Waals surface area contributed by atoms with E-state index in [0.29, 0.717) is 17.1 Å². The normalized spacial score (nSPS) is 10.3. The van der Waals surface area contributed by atoms with Gasteiger partial charge in [-0.2, -0.15) is 0 Å². The summed E-state index contributed by atoms with van der Waals surface area (Å²) in [5, 5.41) is 2.77. The van der Waals surface area contributed by atoms with E-state index >= 15 is 0 Å². The van der Waals surface area contributed by atoms with Gasteiger partial charge in [0, 0.05) is 18.3 Å². The van der Waals surface area contributed by atoms with E-state index in [4.69, 9.17) is 9.47 Å². The van der Waals surface area contributed by atoms with E-state index in [-0.39, 0.29) is 24.5 Å². The van der Waals surface area contributed by atoms with Crippen molar-refractivity contribution in [3.8, 4) is 11.5 Å². The number of carbonyl (C=O) groups is 2. The minimum atomic E-state index is -0.284. The van der Waals surface area contributed by atoms with Gasteiger partial charge in [0.2, 0.25) is 11.8 Å². The molecule has 2 rings (SSSR count). The first kappa shape index (κ1) is 19.3. The molecule has 0 saturated heterocycles. The van der Waals surface area contributed by atoms with Crippen LogP contribution in [0.5, 0.6) is 11.5 Å². The van der Waals surface area contributed by atoms with E-state index in [1.165, 1.54) is 11.8 Å². The molecule has 0 spiro atoms. The van der Waals surface area contributed by atoms with Crippen LogP contribution >= 0.6 is 0 Å². The first-order valence-electron chi connectivity index (χ1n) is 8.37. The molecule has 0 aromatic heterocycles. The van der Waals surface area contributed by atoms with Crippen LogP contribution in [0.15, 0.2) is 48.5 Å². The summed E-state index contributed by atoms with van der Waals surface area (Å²) in [6, 6.07) is 14.1. The van der Waals surface area contributed by atoms with Crippen molar-refractivity contribution < 1.29 is 19.1 Å². The molecule has 0 unspecified atom stereocenters. The zero-order chi connectivity index (χ0) is 19.1. The zero-order valence-corrected chi connectivity index (χ0v) is 15.5. The highest BCUT2D eigenvalue weighted by Gasteiger charge is 2.16. The van der Waals surface area contributed by atoms with Crippen LogP contribution in [0.25, 0.3) is 0 Å². The van der Waals surface area contributed by atoms with Crippen LogP contribution < -0.4 is 19.7 Å². The third-order valence-corrected chi connectivity index (χ3v) is 3.58. The number of anilines is 2. The maximum atomic E-state index is 12.3. The van der Waals surface area contributed by atoms with Crippen LogP contribution in [0, 0.1) is 0 Å². The highest BCUT2D eigenvalue weighted by Crippen LogP contribution is 2.21. The molecule has 0 saturated carbocycles. The van der Waals surface area contributed by atoms with Gasteiger partial charge in [-0.25, -0.2) is 0 Å². The lowest BCUT2D eigenvalue weighted by Crippen LogP contribution is -2.36. The Kier molecular flexibility index (Phi) is 6.60. The monoisotopic (exact) mass is 356 g/mol. The van der Waals surface area contributed by atoms with E-state index in [9.17, 15) is 9.59 Å². The quantitative estimate of drug-likeness (QED) is 0.825. The maximum Gasteiger partial charge on any atom is 0.244 e. The smallest absolute Gasteiger partial charge is 0.244 e. The Morgan fingerprint density at radius 3 is 2.08 bits per heavy atom. The van der Waals surface area contributed by atoms with Gasteiger partial charge in [-0.3, -0.25) is 9.59 Å². The number of amides is 2. The Hall–Kier alpha value is -3.02. The SMILES string of the molecule is COc1ccc(NC(=O)CN(C(C)=O)c2ccc(OC(C)C)cc2)cc1. The number of nitrogens with zero attached hydrogens (tertiary/aromatic N) is 1. The van der Waals surface area contributed by atoms with Crippen LogP contribution in [0.1, 0.15) is 20.8 Å². The predicted molar refractivity (Wildman–Crippen MR) is 102 cm³/mol. The first-order chi connectivity index (χ1) is 12.4. The molecule has 138 valence electrons. The van der Waals surface area contributed by atoms with Gasteiger partial charge in [-0.15, -0.1) is 0 Å². The molecule has 0 radical (unpaired) electrons. The number of carbonyl (C=O) groups excluding carboxylic acids is 2. The van der Waals surface area contributed by atoms with Crippen LogP contribution in [0.2, 0.25) is 0 Å². The number of nitrogens with one attached hydrogen (secondary N) is 1. The molecule has 0 fully saturated rings. The third-order valence-electron chi connectivity index (χ3n) is 3.58. The second-order valence-electron chi connectivity index (χ2n) is 6.04. The molecule has 6 heteroatoms. The molecule has 0 atom stereocenters. The van der Waals surface area contributed by atoms with Crippen LogP contribution in [0.3, 0.4) is 0 Å². The van der Waals surface area contributed by atoms with Crippen LogP contribution in [0.4, 0.5) is 11.4 Å². The summed E-state index contributed by atoms with van der Waals surface area (Å²) in [5.74, 6) is 0.923. The summed E-state index contributed by atoms with van der Waals surface area (Å²) in [4.78, 5) is 25.7. The Labute approximate surface area is 153 Å². The topological polar surface area (TPSA) is 67.9 Å². The Morgan fingerprint density at radius 2 is 1.58 bits per heavy atom. The molecular formula is C20H24N2O4. The summed E-state index contributed by atoms with van der Waals surface area (Å²) < 4.78 is 10.7. The molecule has 1 N–H and O–H groups in total. The fraction of sp³-hybridized carbons (Fsp3) is 0.300. The summed E-state index contributed by atoms with van der Waals surface area (Å²) >= 11 is 0. The highest BCUT2D eigenvalue weighted by molar-refractivity contribution is 6.01. The average Bonchev–Trinajstić information content (AvgIpc) is 2.60. The number of methoxy groups -OCH3 is 1. The molecule has 0 bridgehead atoms. The van der Waals surface area contributed by atoms with Crippen molar-refractivity contribution in [1.29, 1.82) is 0 Å². The van der Waals surface area contributed by atoms with Gasteiger partial charge in [-0.1, -0.05) is 0 Å². The molecule has 26 heavy (non-hydrogen) atoms. The lowest BCUT2D eigenvalue weighted by molar-refractivity contribution is -0.120. The first-order valence-corrected chi connectivity index (χ1v) is 8.37. The second kappa shape index (κ2) is 8.89. The molecule has 0 aliphatic rings. The lowest BCUT2D eigenvalue weighted by atomic mass is 10.2. The van der Waals surface area contributed by atoms with E-state index in [2.05, 4.69) is 5.32 Å². The highest BCUT2D eigenvalue weighted by atomic mass is 16.5. The number of hydrogen-bond donors (Lipinski definition) is 1. The van der Waals surface area contributed by atoms with Crippen molar-refractivity contribution in [2.75, 3.05) is 23.9 Å². The lowest BCUT2D eigenvalue weighted by Gasteiger charge is -2.21. The third kappa shape index (κ3) is 5.51. The Bertz CT molecular complexity index is 739. The zero-order valence-electron chi connectivity index (χ0n) is 15.5. The van der Waals surface area contributed by atoms with Crippen molar-refractivity contribution >= 4 is 23.2 Å². The number of ether oxygens (including phenoxy) is 2. The summed E-state index contributed by atoms with van der Waals surface area (Å²) in [6.45, 7) is 5.24. The van der Waals surface area contributed by atoms with Crippen molar-refractivity contribution in [3.63, 3.8) is 0 Å². The van der Waals surface area contributed by atoms with Crippen molar-refractivity contribution in [3.05, 3.63) is 48.5 Å². The van der Waals surface area contributed by atoms with Gasteiger partial charge in [0.1, 0.15) is 18.0 Å². The summed E-state index contributed by atoms with van der Waals surface area (Å²) in [5.41, 5.74) is 1.28. The maximum absolute atomic E-state index is 12.3. The fourth-order valence-electron chi connectivity index (χ4n) is 2.38. The minimum absolute atomic E-state index is 0.0695. The van der Waals surface area contributed by atoms with E-state index in [1.54, 1.807) is 55.6 Å². The average molecular weight is 356 g/mol. The van der Waals surface area contributed by atoms with Crippen molar-refractivity contribution in [2.45, 2.75) is 26.9 Å². The van der Waals surface area contributed by atoms with E-state index in [0.717, 1.165) is 5.75 Å². The molecule has 2 amide bonds. The number of benzene rings is 2. The fourth-order valence-corrected chi connectivity index (χ4v) is 2.38. The van der Waals surface area contributed by atoms with Gasteiger partial charge in [-0.05, 0) is 62.4 Å². The number of hydrogen-bond acceptors (Lipinski definition) is 4. The Morgan fingerprint density at radius 1 is 1.00 bits per heavy atom. The Balaban J connectivity index is 2.04. The summed E-state index contributed by atoms with van der Waals surface area (Å²) in [6.07, 6.45) is 0.0695.